The quantitative estimate of drug-likeness (QED) is 0.424. The minimum absolute atomic E-state index is 0. The zero-order valence-electron chi connectivity index (χ0n) is 18.0. The fourth-order valence-electron chi connectivity index (χ4n) is 2.98. The van der Waals surface area contributed by atoms with Crippen molar-refractivity contribution in [3.63, 3.8) is 0 Å². The number of aromatic nitrogens is 2. The molecule has 3 rings (SSSR count). The molecule has 0 N–H and O–H groups in total. The zero-order valence-corrected chi connectivity index (χ0v) is 18.8. The van der Waals surface area contributed by atoms with Crippen LogP contribution in [0.1, 0.15) is 11.1 Å². The largest absolute Gasteiger partial charge is 0.493 e. The van der Waals surface area contributed by atoms with Crippen molar-refractivity contribution in [1.29, 1.82) is 0 Å². The molecule has 0 saturated carbocycles. The Morgan fingerprint density at radius 2 is 1.45 bits per heavy atom. The van der Waals surface area contributed by atoms with Crippen LogP contribution in [0, 0.1) is 0 Å². The number of halogens is 1. The van der Waals surface area contributed by atoms with Gasteiger partial charge in [-0.25, -0.2) is 4.98 Å². The molecule has 1 aromatic heterocycles. The Bertz CT molecular complexity index is 965. The normalized spacial score (nSPS) is 10.5. The highest BCUT2D eigenvalue weighted by molar-refractivity contribution is 5.85. The van der Waals surface area contributed by atoms with Gasteiger partial charge in [0.1, 0.15) is 6.61 Å². The first-order valence-corrected chi connectivity index (χ1v) is 9.43. The standard InChI is InChI=1S/C23H26N2O5.ClH/c1-26-19-8-7-17(13-20(19)30-12-11-25-10-9-24-16-25)5-6-18-14-21(27-2)23(29-4)22(15-18)28-3;/h5-10,13-16H,11-12H2,1-4H3;1H/b6-5-;. The lowest BCUT2D eigenvalue weighted by molar-refractivity contribution is 0.279. The second kappa shape index (κ2) is 11.8. The maximum Gasteiger partial charge on any atom is 0.203 e. The van der Waals surface area contributed by atoms with E-state index in [1.807, 2.05) is 53.2 Å². The van der Waals surface area contributed by atoms with Crippen molar-refractivity contribution >= 4 is 24.6 Å². The molecule has 0 saturated heterocycles. The first-order chi connectivity index (χ1) is 14.7. The average Bonchev–Trinajstić information content (AvgIpc) is 3.30. The molecule has 8 heteroatoms. The van der Waals surface area contributed by atoms with Gasteiger partial charge in [0.05, 0.1) is 41.3 Å². The fraction of sp³-hybridized carbons (Fsp3) is 0.261. The minimum atomic E-state index is 0. The molecule has 166 valence electrons. The lowest BCUT2D eigenvalue weighted by Crippen LogP contribution is -2.07. The third kappa shape index (κ3) is 6.08. The third-order valence-electron chi connectivity index (χ3n) is 4.51. The van der Waals surface area contributed by atoms with Crippen LogP contribution < -0.4 is 23.7 Å². The van der Waals surface area contributed by atoms with Crippen LogP contribution in [0.15, 0.2) is 49.1 Å². The molecule has 0 aliphatic rings. The van der Waals surface area contributed by atoms with Crippen molar-refractivity contribution < 1.29 is 23.7 Å². The van der Waals surface area contributed by atoms with Gasteiger partial charge >= 0.3 is 0 Å². The summed E-state index contributed by atoms with van der Waals surface area (Å²) in [5.74, 6) is 3.15. The van der Waals surface area contributed by atoms with Gasteiger partial charge < -0.3 is 28.3 Å². The van der Waals surface area contributed by atoms with Crippen LogP contribution in [0.3, 0.4) is 0 Å². The summed E-state index contributed by atoms with van der Waals surface area (Å²) in [5, 5.41) is 0. The molecule has 1 heterocycles. The molecule has 0 aliphatic carbocycles. The highest BCUT2D eigenvalue weighted by Crippen LogP contribution is 2.38. The molecular formula is C23H27ClN2O5. The Morgan fingerprint density at radius 3 is 2.03 bits per heavy atom. The summed E-state index contributed by atoms with van der Waals surface area (Å²) < 4.78 is 29.5. The molecule has 0 bridgehead atoms. The van der Waals surface area contributed by atoms with Crippen LogP contribution in [-0.4, -0.2) is 44.6 Å². The van der Waals surface area contributed by atoms with E-state index in [0.717, 1.165) is 11.1 Å². The van der Waals surface area contributed by atoms with E-state index in [4.69, 9.17) is 23.7 Å². The first kappa shape index (κ1) is 24.0. The molecule has 0 aliphatic heterocycles. The van der Waals surface area contributed by atoms with Crippen LogP contribution in [0.4, 0.5) is 0 Å². The monoisotopic (exact) mass is 446 g/mol. The van der Waals surface area contributed by atoms with Crippen molar-refractivity contribution in [2.24, 2.45) is 0 Å². The van der Waals surface area contributed by atoms with Crippen LogP contribution in [0.25, 0.3) is 12.2 Å². The zero-order chi connectivity index (χ0) is 21.3. The van der Waals surface area contributed by atoms with Crippen LogP contribution in [0.2, 0.25) is 0 Å². The predicted molar refractivity (Wildman–Crippen MR) is 123 cm³/mol. The van der Waals surface area contributed by atoms with Crippen LogP contribution >= 0.6 is 12.4 Å². The third-order valence-corrected chi connectivity index (χ3v) is 4.51. The number of nitrogens with zero attached hydrogens (tertiary/aromatic N) is 2. The Balaban J connectivity index is 0.00000341. The summed E-state index contributed by atoms with van der Waals surface area (Å²) in [5.41, 5.74) is 1.89. The number of imidazole rings is 1. The maximum atomic E-state index is 5.93. The number of benzene rings is 2. The van der Waals surface area contributed by atoms with Gasteiger partial charge in [0.15, 0.2) is 23.0 Å². The molecule has 7 nitrogen and oxygen atoms in total. The highest BCUT2D eigenvalue weighted by Gasteiger charge is 2.12. The number of ether oxygens (including phenoxy) is 5. The Morgan fingerprint density at radius 1 is 0.806 bits per heavy atom. The molecule has 0 radical (unpaired) electrons. The van der Waals surface area contributed by atoms with Gasteiger partial charge in [0.2, 0.25) is 5.75 Å². The van der Waals surface area contributed by atoms with Crippen LogP contribution in [-0.2, 0) is 6.54 Å². The van der Waals surface area contributed by atoms with Gasteiger partial charge in [0, 0.05) is 12.4 Å². The van der Waals surface area contributed by atoms with E-state index in [2.05, 4.69) is 4.98 Å². The topological polar surface area (TPSA) is 64.0 Å². The van der Waals surface area contributed by atoms with E-state index in [1.54, 1.807) is 41.0 Å². The van der Waals surface area contributed by atoms with Crippen LogP contribution in [0.5, 0.6) is 28.7 Å². The number of hydrogen-bond acceptors (Lipinski definition) is 6. The summed E-state index contributed by atoms with van der Waals surface area (Å²) in [6, 6.07) is 9.59. The number of rotatable bonds is 10. The predicted octanol–water partition coefficient (Wildman–Crippen LogP) is 4.59. The molecule has 3 aromatic rings. The summed E-state index contributed by atoms with van der Waals surface area (Å²) >= 11 is 0. The van der Waals surface area contributed by atoms with Gasteiger partial charge in [-0.1, -0.05) is 18.2 Å². The van der Waals surface area contributed by atoms with E-state index in [0.29, 0.717) is 41.9 Å². The smallest absolute Gasteiger partial charge is 0.203 e. The summed E-state index contributed by atoms with van der Waals surface area (Å²) in [6.45, 7) is 1.21. The van der Waals surface area contributed by atoms with E-state index in [1.165, 1.54) is 0 Å². The Labute approximate surface area is 188 Å². The molecule has 0 unspecified atom stereocenters. The summed E-state index contributed by atoms with van der Waals surface area (Å²) in [6.07, 6.45) is 9.37. The molecule has 0 amide bonds. The Hall–Kier alpha value is -3.32. The van der Waals surface area contributed by atoms with Crippen molar-refractivity contribution in [3.05, 3.63) is 60.2 Å². The van der Waals surface area contributed by atoms with Gasteiger partial charge in [-0.15, -0.1) is 12.4 Å². The van der Waals surface area contributed by atoms with Crippen molar-refractivity contribution in [3.8, 4) is 28.7 Å². The Kier molecular flexibility index (Phi) is 9.09. The molecule has 0 fully saturated rings. The number of methoxy groups -OCH3 is 4. The van der Waals surface area contributed by atoms with Crippen molar-refractivity contribution in [2.75, 3.05) is 35.0 Å². The maximum absolute atomic E-state index is 5.93. The van der Waals surface area contributed by atoms with E-state index in [-0.39, 0.29) is 12.4 Å². The van der Waals surface area contributed by atoms with Crippen molar-refractivity contribution in [2.45, 2.75) is 6.54 Å². The fourth-order valence-corrected chi connectivity index (χ4v) is 2.98. The van der Waals surface area contributed by atoms with Gasteiger partial charge in [-0.05, 0) is 35.4 Å². The summed E-state index contributed by atoms with van der Waals surface area (Å²) in [4.78, 5) is 4.03. The van der Waals surface area contributed by atoms with Gasteiger partial charge in [-0.3, -0.25) is 0 Å². The summed E-state index contributed by atoms with van der Waals surface area (Å²) in [7, 11) is 6.41. The second-order valence-corrected chi connectivity index (χ2v) is 6.35. The molecule has 2 aromatic carbocycles. The molecule has 0 atom stereocenters. The van der Waals surface area contributed by atoms with E-state index < -0.39 is 0 Å². The minimum Gasteiger partial charge on any atom is -0.493 e. The van der Waals surface area contributed by atoms with E-state index in [9.17, 15) is 0 Å². The first-order valence-electron chi connectivity index (χ1n) is 9.43. The lowest BCUT2D eigenvalue weighted by Gasteiger charge is -2.13. The second-order valence-electron chi connectivity index (χ2n) is 6.35. The van der Waals surface area contributed by atoms with Gasteiger partial charge in [0.25, 0.3) is 0 Å². The van der Waals surface area contributed by atoms with E-state index >= 15 is 0 Å². The SMILES string of the molecule is COc1ccc(/C=C\c2cc(OC)c(OC)c(OC)c2)cc1OCCn1ccnc1.Cl. The average molecular weight is 447 g/mol. The lowest BCUT2D eigenvalue weighted by atomic mass is 10.1. The molecular weight excluding hydrogens is 420 g/mol. The van der Waals surface area contributed by atoms with Gasteiger partial charge in [-0.2, -0.15) is 0 Å². The van der Waals surface area contributed by atoms with Crippen molar-refractivity contribution in [1.82, 2.24) is 9.55 Å². The highest BCUT2D eigenvalue weighted by atomic mass is 35.5. The molecule has 0 spiro atoms. The molecule has 31 heavy (non-hydrogen) atoms. The number of hydrogen-bond donors (Lipinski definition) is 0.